The third kappa shape index (κ3) is 3.37. The topological polar surface area (TPSA) is 20.3 Å². The second-order valence-electron chi connectivity index (χ2n) is 6.78. The Kier molecular flexibility index (Phi) is 4.74. The van der Waals surface area contributed by atoms with E-state index in [0.29, 0.717) is 12.2 Å². The number of carbonyl (C=O) groups is 1. The summed E-state index contributed by atoms with van der Waals surface area (Å²) in [5.74, 6) is 1.21. The van der Waals surface area contributed by atoms with Crippen molar-refractivity contribution >= 4 is 5.78 Å². The number of fused-ring (bicyclic) bond motifs is 1. The van der Waals surface area contributed by atoms with E-state index in [1.165, 1.54) is 45.1 Å². The van der Waals surface area contributed by atoms with Crippen molar-refractivity contribution in [3.8, 4) is 0 Å². The molecule has 1 aliphatic heterocycles. The summed E-state index contributed by atoms with van der Waals surface area (Å²) in [5.41, 5.74) is 2.02. The Hall–Kier alpha value is -1.15. The van der Waals surface area contributed by atoms with Crippen molar-refractivity contribution in [3.05, 3.63) is 35.4 Å². The fraction of sp³-hybridized carbons (Fsp3) is 0.632. The molecule has 114 valence electrons. The van der Waals surface area contributed by atoms with Gasteiger partial charge >= 0.3 is 0 Å². The lowest BCUT2D eigenvalue weighted by Crippen LogP contribution is -2.47. The van der Waals surface area contributed by atoms with E-state index in [2.05, 4.69) is 4.90 Å². The lowest BCUT2D eigenvalue weighted by molar-refractivity contribution is 0.0575. The summed E-state index contributed by atoms with van der Waals surface area (Å²) in [6.45, 7) is 4.18. The molecule has 21 heavy (non-hydrogen) atoms. The van der Waals surface area contributed by atoms with Crippen LogP contribution < -0.4 is 0 Å². The smallest absolute Gasteiger partial charge is 0.164 e. The molecule has 3 rings (SSSR count). The Labute approximate surface area is 128 Å². The number of aryl methyl sites for hydroxylation is 1. The highest BCUT2D eigenvalue weighted by Crippen LogP contribution is 2.35. The van der Waals surface area contributed by atoms with Crippen molar-refractivity contribution in [2.75, 3.05) is 13.1 Å². The van der Waals surface area contributed by atoms with Crippen molar-refractivity contribution in [2.45, 2.75) is 57.9 Å². The summed E-state index contributed by atoms with van der Waals surface area (Å²) in [5, 5.41) is 0. The molecule has 2 fully saturated rings. The molecule has 2 nitrogen and oxygen atoms in total. The summed E-state index contributed by atoms with van der Waals surface area (Å²) in [7, 11) is 0. The van der Waals surface area contributed by atoms with Crippen molar-refractivity contribution in [2.24, 2.45) is 5.92 Å². The number of Topliss-reactive ketones (excluding diaryl/α,β-unsaturated/α-hetero) is 1. The van der Waals surface area contributed by atoms with E-state index in [-0.39, 0.29) is 0 Å². The Morgan fingerprint density at radius 3 is 2.76 bits per heavy atom. The Morgan fingerprint density at radius 1 is 1.14 bits per heavy atom. The molecule has 2 unspecified atom stereocenters. The minimum absolute atomic E-state index is 0.311. The van der Waals surface area contributed by atoms with Gasteiger partial charge in [-0.2, -0.15) is 0 Å². The van der Waals surface area contributed by atoms with Crippen LogP contribution in [0.3, 0.4) is 0 Å². The molecule has 1 saturated heterocycles. The first-order chi connectivity index (χ1) is 10.3. The highest BCUT2D eigenvalue weighted by atomic mass is 16.1. The van der Waals surface area contributed by atoms with Gasteiger partial charge in [0.1, 0.15) is 0 Å². The quantitative estimate of drug-likeness (QED) is 0.772. The number of nitrogens with zero attached hydrogens (tertiary/aromatic N) is 1. The highest BCUT2D eigenvalue weighted by molar-refractivity contribution is 5.97. The molecule has 0 bridgehead atoms. The van der Waals surface area contributed by atoms with Crippen molar-refractivity contribution < 1.29 is 4.79 Å². The van der Waals surface area contributed by atoms with Gasteiger partial charge in [-0.05, 0) is 50.6 Å². The molecule has 1 heterocycles. The van der Waals surface area contributed by atoms with E-state index in [9.17, 15) is 4.79 Å². The number of carbonyl (C=O) groups excluding carboxylic acids is 1. The molecule has 1 aliphatic carbocycles. The van der Waals surface area contributed by atoms with Crippen LogP contribution in [-0.4, -0.2) is 29.8 Å². The molecule has 0 radical (unpaired) electrons. The van der Waals surface area contributed by atoms with Gasteiger partial charge in [0.15, 0.2) is 5.78 Å². The average Bonchev–Trinajstić information content (AvgIpc) is 2.53. The maximum atomic E-state index is 12.4. The first-order valence-electron chi connectivity index (χ1n) is 8.58. The third-order valence-corrected chi connectivity index (χ3v) is 5.43. The minimum atomic E-state index is 0.311. The lowest BCUT2D eigenvalue weighted by Gasteiger charge is -2.44. The Morgan fingerprint density at radius 2 is 1.90 bits per heavy atom. The highest BCUT2D eigenvalue weighted by Gasteiger charge is 2.32. The molecule has 2 atom stereocenters. The van der Waals surface area contributed by atoms with Crippen LogP contribution in [0.4, 0.5) is 0 Å². The van der Waals surface area contributed by atoms with Crippen molar-refractivity contribution in [1.82, 2.24) is 4.90 Å². The summed E-state index contributed by atoms with van der Waals surface area (Å²) in [6.07, 6.45) is 8.96. The zero-order chi connectivity index (χ0) is 14.7. The summed E-state index contributed by atoms with van der Waals surface area (Å²) >= 11 is 0. The van der Waals surface area contributed by atoms with E-state index >= 15 is 0 Å². The molecule has 2 heteroatoms. The number of likely N-dealkylation sites (tertiary alicyclic amines) is 1. The fourth-order valence-corrected chi connectivity index (χ4v) is 4.27. The number of piperidine rings is 1. The van der Waals surface area contributed by atoms with E-state index in [0.717, 1.165) is 29.6 Å². The van der Waals surface area contributed by atoms with Gasteiger partial charge in [-0.3, -0.25) is 9.69 Å². The molecular weight excluding hydrogens is 258 g/mol. The summed E-state index contributed by atoms with van der Waals surface area (Å²) in [6, 6.07) is 8.74. The van der Waals surface area contributed by atoms with Gasteiger partial charge < -0.3 is 0 Å². The largest absolute Gasteiger partial charge is 0.300 e. The number of hydrogen-bond acceptors (Lipinski definition) is 2. The van der Waals surface area contributed by atoms with E-state index < -0.39 is 0 Å². The predicted molar refractivity (Wildman–Crippen MR) is 86.7 cm³/mol. The Balaban J connectivity index is 1.59. The van der Waals surface area contributed by atoms with Crippen LogP contribution in [0, 0.1) is 12.8 Å². The monoisotopic (exact) mass is 285 g/mol. The van der Waals surface area contributed by atoms with Crippen LogP contribution in [0.2, 0.25) is 0 Å². The number of rotatable bonds is 4. The average molecular weight is 285 g/mol. The molecule has 0 aromatic heterocycles. The predicted octanol–water partition coefficient (Wildman–Crippen LogP) is 4.22. The van der Waals surface area contributed by atoms with Crippen LogP contribution in [0.15, 0.2) is 24.3 Å². The molecule has 2 aliphatic rings. The van der Waals surface area contributed by atoms with E-state index in [4.69, 9.17) is 0 Å². The van der Waals surface area contributed by atoms with Gasteiger partial charge in [-0.25, -0.2) is 0 Å². The van der Waals surface area contributed by atoms with Gasteiger partial charge in [0, 0.05) is 24.6 Å². The second-order valence-corrected chi connectivity index (χ2v) is 6.78. The van der Waals surface area contributed by atoms with Gasteiger partial charge in [0.2, 0.25) is 0 Å². The third-order valence-electron chi connectivity index (χ3n) is 5.43. The van der Waals surface area contributed by atoms with Gasteiger partial charge in [-0.15, -0.1) is 0 Å². The maximum absolute atomic E-state index is 12.4. The molecule has 0 spiro atoms. The fourth-order valence-electron chi connectivity index (χ4n) is 4.27. The molecule has 1 aromatic carbocycles. The normalized spacial score (nSPS) is 26.3. The molecule has 0 N–H and O–H groups in total. The Bertz CT molecular complexity index is 494. The number of hydrogen-bond donors (Lipinski definition) is 0. The van der Waals surface area contributed by atoms with Crippen LogP contribution in [-0.2, 0) is 0 Å². The standard InChI is InChI=1S/C19H27NO/c1-15-7-2-4-10-17(15)19(21)12-14-20-13-6-9-16-8-3-5-11-18(16)20/h2,4,7,10,16,18H,3,5-6,8-9,11-14H2,1H3. The zero-order valence-corrected chi connectivity index (χ0v) is 13.2. The lowest BCUT2D eigenvalue weighted by atomic mass is 9.78. The van der Waals surface area contributed by atoms with E-state index in [1.54, 1.807) is 0 Å². The summed E-state index contributed by atoms with van der Waals surface area (Å²) < 4.78 is 0. The molecule has 0 amide bonds. The van der Waals surface area contributed by atoms with Crippen molar-refractivity contribution in [3.63, 3.8) is 0 Å². The minimum Gasteiger partial charge on any atom is -0.300 e. The van der Waals surface area contributed by atoms with Crippen LogP contribution >= 0.6 is 0 Å². The van der Waals surface area contributed by atoms with Crippen LogP contribution in [0.25, 0.3) is 0 Å². The van der Waals surface area contributed by atoms with Gasteiger partial charge in [0.05, 0.1) is 0 Å². The first-order valence-corrected chi connectivity index (χ1v) is 8.58. The maximum Gasteiger partial charge on any atom is 0.164 e. The number of ketones is 1. The van der Waals surface area contributed by atoms with Gasteiger partial charge in [-0.1, -0.05) is 37.1 Å². The van der Waals surface area contributed by atoms with Crippen LogP contribution in [0.1, 0.15) is 60.9 Å². The zero-order valence-electron chi connectivity index (χ0n) is 13.2. The molecule has 1 aromatic rings. The first kappa shape index (κ1) is 14.8. The van der Waals surface area contributed by atoms with E-state index in [1.807, 2.05) is 31.2 Å². The van der Waals surface area contributed by atoms with Crippen molar-refractivity contribution in [1.29, 1.82) is 0 Å². The molecule has 1 saturated carbocycles. The number of benzene rings is 1. The second kappa shape index (κ2) is 6.74. The van der Waals surface area contributed by atoms with Crippen LogP contribution in [0.5, 0.6) is 0 Å². The molecular formula is C19H27NO. The SMILES string of the molecule is Cc1ccccc1C(=O)CCN1CCCC2CCCCC21. The summed E-state index contributed by atoms with van der Waals surface area (Å²) in [4.78, 5) is 15.1. The van der Waals surface area contributed by atoms with Gasteiger partial charge in [0.25, 0.3) is 0 Å².